The number of aromatic nitrogens is 1. The fraction of sp³-hybridized carbons (Fsp3) is 0.154. The van der Waals surface area contributed by atoms with Crippen molar-refractivity contribution in [1.82, 2.24) is 4.57 Å². The molecule has 0 saturated heterocycles. The first-order chi connectivity index (χ1) is 8.66. The molecule has 0 radical (unpaired) electrons. The number of hydrogen-bond donors (Lipinski definition) is 1. The Morgan fingerprint density at radius 3 is 2.83 bits per heavy atom. The Balaban J connectivity index is 1.95. The highest BCUT2D eigenvalue weighted by molar-refractivity contribution is 9.10. The Labute approximate surface area is 119 Å². The lowest BCUT2D eigenvalue weighted by atomic mass is 10.3. The summed E-state index contributed by atoms with van der Waals surface area (Å²) in [6, 6.07) is 10.8. The van der Waals surface area contributed by atoms with E-state index in [-0.39, 0.29) is 5.56 Å². The van der Waals surface area contributed by atoms with Crippen LogP contribution >= 0.6 is 27.5 Å². The Hall–Kier alpha value is -1.26. The number of pyridine rings is 1. The molecule has 0 bridgehead atoms. The highest BCUT2D eigenvalue weighted by Gasteiger charge is 1.99. The third-order valence-electron chi connectivity index (χ3n) is 2.50. The van der Waals surface area contributed by atoms with Crippen LogP contribution in [0.2, 0.25) is 5.02 Å². The lowest BCUT2D eigenvalue weighted by Gasteiger charge is -2.09. The van der Waals surface area contributed by atoms with Crippen LogP contribution in [0.25, 0.3) is 0 Å². The first-order valence-electron chi connectivity index (χ1n) is 5.51. The third kappa shape index (κ3) is 3.37. The molecule has 1 aromatic heterocycles. The first kappa shape index (κ1) is 13.2. The van der Waals surface area contributed by atoms with Crippen molar-refractivity contribution in [2.45, 2.75) is 6.54 Å². The van der Waals surface area contributed by atoms with Gasteiger partial charge in [0.15, 0.2) is 0 Å². The van der Waals surface area contributed by atoms with Crippen molar-refractivity contribution in [3.63, 3.8) is 0 Å². The first-order valence-corrected chi connectivity index (χ1v) is 6.68. The molecule has 0 aliphatic heterocycles. The van der Waals surface area contributed by atoms with Gasteiger partial charge in [-0.15, -0.1) is 0 Å². The number of hydrogen-bond acceptors (Lipinski definition) is 2. The number of rotatable bonds is 4. The smallest absolute Gasteiger partial charge is 0.250 e. The average molecular weight is 328 g/mol. The van der Waals surface area contributed by atoms with Crippen LogP contribution in [-0.4, -0.2) is 11.1 Å². The minimum atomic E-state index is 0.0107. The summed E-state index contributed by atoms with van der Waals surface area (Å²) in [5.41, 5.74) is 0.979. The molecule has 1 heterocycles. The van der Waals surface area contributed by atoms with Crippen LogP contribution in [-0.2, 0) is 6.54 Å². The normalized spacial score (nSPS) is 10.3. The van der Waals surface area contributed by atoms with Crippen molar-refractivity contribution in [3.8, 4) is 0 Å². The summed E-state index contributed by atoms with van der Waals surface area (Å²) in [6.45, 7) is 1.30. The van der Waals surface area contributed by atoms with Crippen molar-refractivity contribution >= 4 is 33.2 Å². The second-order valence-electron chi connectivity index (χ2n) is 3.79. The largest absolute Gasteiger partial charge is 0.383 e. The van der Waals surface area contributed by atoms with Gasteiger partial charge in [-0.05, 0) is 40.2 Å². The molecule has 5 heteroatoms. The summed E-state index contributed by atoms with van der Waals surface area (Å²) >= 11 is 9.28. The maximum atomic E-state index is 11.5. The number of halogens is 2. The highest BCUT2D eigenvalue weighted by Crippen LogP contribution is 2.25. The molecule has 3 nitrogen and oxygen atoms in total. The van der Waals surface area contributed by atoms with Gasteiger partial charge in [0.1, 0.15) is 0 Å². The summed E-state index contributed by atoms with van der Waals surface area (Å²) in [5, 5.41) is 3.92. The van der Waals surface area contributed by atoms with E-state index in [0.717, 1.165) is 10.2 Å². The van der Waals surface area contributed by atoms with Crippen LogP contribution in [0.4, 0.5) is 5.69 Å². The van der Waals surface area contributed by atoms with Crippen molar-refractivity contribution in [2.24, 2.45) is 0 Å². The zero-order chi connectivity index (χ0) is 13.0. The minimum absolute atomic E-state index is 0.0107. The average Bonchev–Trinajstić information content (AvgIpc) is 2.36. The van der Waals surface area contributed by atoms with Gasteiger partial charge in [-0.25, -0.2) is 0 Å². The van der Waals surface area contributed by atoms with E-state index in [9.17, 15) is 4.79 Å². The van der Waals surface area contributed by atoms with Gasteiger partial charge in [0, 0.05) is 35.5 Å². The van der Waals surface area contributed by atoms with Crippen LogP contribution in [0.1, 0.15) is 0 Å². The quantitative estimate of drug-likeness (QED) is 0.934. The molecule has 0 spiro atoms. The van der Waals surface area contributed by atoms with Crippen molar-refractivity contribution in [3.05, 3.63) is 62.4 Å². The Morgan fingerprint density at radius 2 is 2.11 bits per heavy atom. The van der Waals surface area contributed by atoms with E-state index in [1.54, 1.807) is 22.9 Å². The predicted octanol–water partition coefficient (Wildman–Crippen LogP) is 3.38. The maximum Gasteiger partial charge on any atom is 0.250 e. The van der Waals surface area contributed by atoms with Gasteiger partial charge in [0.2, 0.25) is 0 Å². The number of anilines is 1. The molecular formula is C13H12BrClN2O. The summed E-state index contributed by atoms with van der Waals surface area (Å²) < 4.78 is 2.52. The molecule has 0 fully saturated rings. The molecule has 0 unspecified atom stereocenters. The van der Waals surface area contributed by atoms with E-state index < -0.39 is 0 Å². The van der Waals surface area contributed by atoms with Gasteiger partial charge in [-0.1, -0.05) is 17.7 Å². The fourth-order valence-electron chi connectivity index (χ4n) is 1.57. The van der Waals surface area contributed by atoms with Gasteiger partial charge in [-0.3, -0.25) is 4.79 Å². The summed E-state index contributed by atoms with van der Waals surface area (Å²) in [7, 11) is 0. The molecule has 0 atom stereocenters. The van der Waals surface area contributed by atoms with Gasteiger partial charge < -0.3 is 9.88 Å². The molecular weight excluding hydrogens is 316 g/mol. The van der Waals surface area contributed by atoms with Gasteiger partial charge >= 0.3 is 0 Å². The minimum Gasteiger partial charge on any atom is -0.383 e. The molecule has 0 aliphatic carbocycles. The molecule has 0 amide bonds. The molecule has 0 saturated carbocycles. The molecule has 18 heavy (non-hydrogen) atoms. The van der Waals surface area contributed by atoms with Crippen LogP contribution in [0.3, 0.4) is 0 Å². The van der Waals surface area contributed by atoms with Gasteiger partial charge in [0.25, 0.3) is 5.56 Å². The standard InChI is InChI=1S/C13H12BrClN2O/c14-11-9-10(4-5-12(11)15)16-6-8-17-7-2-1-3-13(17)18/h1-5,7,9,16H,6,8H2. The molecule has 1 N–H and O–H groups in total. The molecule has 2 rings (SSSR count). The van der Waals surface area contributed by atoms with Crippen molar-refractivity contribution < 1.29 is 0 Å². The zero-order valence-electron chi connectivity index (χ0n) is 9.57. The van der Waals surface area contributed by atoms with Crippen LogP contribution < -0.4 is 10.9 Å². The Kier molecular flexibility index (Phi) is 4.44. The second-order valence-corrected chi connectivity index (χ2v) is 5.05. The van der Waals surface area contributed by atoms with Crippen LogP contribution in [0, 0.1) is 0 Å². The Bertz CT molecular complexity index is 598. The molecule has 2 aromatic rings. The number of nitrogens with one attached hydrogen (secondary N) is 1. The van der Waals surface area contributed by atoms with E-state index in [1.165, 1.54) is 0 Å². The zero-order valence-corrected chi connectivity index (χ0v) is 11.9. The summed E-state index contributed by atoms with van der Waals surface area (Å²) in [5.74, 6) is 0. The lowest BCUT2D eigenvalue weighted by molar-refractivity contribution is 0.697. The third-order valence-corrected chi connectivity index (χ3v) is 3.71. The SMILES string of the molecule is O=c1ccccn1CCNc1ccc(Cl)c(Br)c1. The monoisotopic (exact) mass is 326 g/mol. The van der Waals surface area contributed by atoms with Gasteiger partial charge in [0.05, 0.1) is 5.02 Å². The van der Waals surface area contributed by atoms with E-state index >= 15 is 0 Å². The van der Waals surface area contributed by atoms with Gasteiger partial charge in [-0.2, -0.15) is 0 Å². The number of benzene rings is 1. The maximum absolute atomic E-state index is 11.5. The van der Waals surface area contributed by atoms with E-state index in [1.807, 2.05) is 24.3 Å². The molecule has 94 valence electrons. The predicted molar refractivity (Wildman–Crippen MR) is 78.3 cm³/mol. The summed E-state index contributed by atoms with van der Waals surface area (Å²) in [6.07, 6.45) is 1.78. The van der Waals surface area contributed by atoms with Crippen LogP contribution in [0.15, 0.2) is 51.9 Å². The molecule has 0 aliphatic rings. The lowest BCUT2D eigenvalue weighted by Crippen LogP contribution is -2.21. The summed E-state index contributed by atoms with van der Waals surface area (Å²) in [4.78, 5) is 11.5. The van der Waals surface area contributed by atoms with E-state index in [2.05, 4.69) is 21.2 Å². The topological polar surface area (TPSA) is 34.0 Å². The van der Waals surface area contributed by atoms with E-state index in [4.69, 9.17) is 11.6 Å². The van der Waals surface area contributed by atoms with Crippen molar-refractivity contribution in [1.29, 1.82) is 0 Å². The Morgan fingerprint density at radius 1 is 1.28 bits per heavy atom. The van der Waals surface area contributed by atoms with Crippen LogP contribution in [0.5, 0.6) is 0 Å². The number of nitrogens with zero attached hydrogens (tertiary/aromatic N) is 1. The fourth-order valence-corrected chi connectivity index (χ4v) is 2.07. The van der Waals surface area contributed by atoms with Crippen molar-refractivity contribution in [2.75, 3.05) is 11.9 Å². The van der Waals surface area contributed by atoms with E-state index in [0.29, 0.717) is 18.1 Å². The second kappa shape index (κ2) is 6.07. The molecule has 1 aromatic carbocycles. The highest BCUT2D eigenvalue weighted by atomic mass is 79.9.